The highest BCUT2D eigenvalue weighted by molar-refractivity contribution is 5.26. The van der Waals surface area contributed by atoms with Crippen LogP contribution in [0, 0.1) is 46.3 Å². The van der Waals surface area contributed by atoms with Gasteiger partial charge in [-0.25, -0.2) is 0 Å². The number of hydrogen-bond acceptors (Lipinski definition) is 2. The molecule has 2 heteroatoms. The second-order valence-corrected chi connectivity index (χ2v) is 13.1. The Morgan fingerprint density at radius 1 is 0.967 bits per heavy atom. The molecule has 3 fully saturated rings. The summed E-state index contributed by atoms with van der Waals surface area (Å²) in [6.07, 6.45) is 14.1. The van der Waals surface area contributed by atoms with Gasteiger partial charge in [-0.1, -0.05) is 46.3 Å². The Morgan fingerprint density at radius 3 is 2.40 bits per heavy atom. The lowest BCUT2D eigenvalue weighted by Gasteiger charge is -2.59. The molecule has 1 unspecified atom stereocenters. The second kappa shape index (κ2) is 7.91. The van der Waals surface area contributed by atoms with E-state index in [-0.39, 0.29) is 6.10 Å². The number of aliphatic hydroxyl groups is 2. The van der Waals surface area contributed by atoms with Gasteiger partial charge in [0, 0.05) is 0 Å². The van der Waals surface area contributed by atoms with Crippen LogP contribution in [0.3, 0.4) is 0 Å². The highest BCUT2D eigenvalue weighted by atomic mass is 16.3. The van der Waals surface area contributed by atoms with E-state index in [1.807, 2.05) is 6.92 Å². The fraction of sp³-hybridized carbons (Fsp3) is 0.929. The molecular formula is C28H48O2. The summed E-state index contributed by atoms with van der Waals surface area (Å²) in [7, 11) is 0. The maximum absolute atomic E-state index is 11.0. The summed E-state index contributed by atoms with van der Waals surface area (Å²) in [6, 6.07) is 0. The van der Waals surface area contributed by atoms with Crippen LogP contribution in [0.2, 0.25) is 0 Å². The Labute approximate surface area is 185 Å². The van der Waals surface area contributed by atoms with Crippen molar-refractivity contribution in [3.8, 4) is 0 Å². The zero-order valence-corrected chi connectivity index (χ0v) is 20.6. The van der Waals surface area contributed by atoms with Gasteiger partial charge in [0.15, 0.2) is 0 Å². The number of fused-ring (bicyclic) bond motifs is 5. The van der Waals surface area contributed by atoms with Gasteiger partial charge < -0.3 is 10.2 Å². The van der Waals surface area contributed by atoms with Crippen molar-refractivity contribution in [2.24, 2.45) is 46.3 Å². The molecule has 4 aliphatic carbocycles. The molecule has 0 bridgehead atoms. The Kier molecular flexibility index (Phi) is 6.02. The summed E-state index contributed by atoms with van der Waals surface area (Å²) in [5, 5.41) is 21.7. The third kappa shape index (κ3) is 3.72. The summed E-state index contributed by atoms with van der Waals surface area (Å²) < 4.78 is 0. The SMILES string of the molecule is CC(C)CC[C@@H](O)[C@@H](C)[C@H]1CC[C@H]2C3CC=C4C[C@@](C)(O)CC[C@]4(C)[C@H]3CC[C@]12C. The molecule has 4 aliphatic rings. The molecule has 172 valence electrons. The molecule has 0 aromatic heterocycles. The van der Waals surface area contributed by atoms with Gasteiger partial charge in [-0.3, -0.25) is 0 Å². The number of allylic oxidation sites excluding steroid dienone is 1. The van der Waals surface area contributed by atoms with Gasteiger partial charge in [-0.15, -0.1) is 0 Å². The minimum Gasteiger partial charge on any atom is -0.393 e. The van der Waals surface area contributed by atoms with E-state index in [2.05, 4.69) is 40.7 Å². The van der Waals surface area contributed by atoms with Gasteiger partial charge in [-0.05, 0) is 117 Å². The van der Waals surface area contributed by atoms with Gasteiger partial charge >= 0.3 is 0 Å². The third-order valence-electron chi connectivity index (χ3n) is 10.7. The van der Waals surface area contributed by atoms with Crippen LogP contribution in [0.1, 0.15) is 106 Å². The predicted octanol–water partition coefficient (Wildman–Crippen LogP) is 6.75. The first kappa shape index (κ1) is 22.8. The molecule has 2 N–H and O–H groups in total. The van der Waals surface area contributed by atoms with E-state index >= 15 is 0 Å². The zero-order chi connectivity index (χ0) is 21.9. The summed E-state index contributed by atoms with van der Waals surface area (Å²) >= 11 is 0. The topological polar surface area (TPSA) is 40.5 Å². The standard InChI is InChI=1S/C28H48O2/c1-18(2)7-12-25(29)19(3)22-10-11-23-21-9-8-20-17-26(4,30)15-16-27(20,5)24(21)13-14-28(22,23)6/h8,18-19,21-25,29-30H,7,9-17H2,1-6H3/t19-,21?,22+,23-,24-,25+,26-,27-,28+/m0/s1. The maximum Gasteiger partial charge on any atom is 0.0657 e. The Balaban J connectivity index is 1.52. The van der Waals surface area contributed by atoms with E-state index in [0.29, 0.717) is 28.6 Å². The largest absolute Gasteiger partial charge is 0.393 e. The van der Waals surface area contributed by atoms with Gasteiger partial charge in [0.1, 0.15) is 0 Å². The third-order valence-corrected chi connectivity index (χ3v) is 10.7. The molecule has 4 rings (SSSR count). The average Bonchev–Trinajstić information content (AvgIpc) is 3.03. The zero-order valence-electron chi connectivity index (χ0n) is 20.6. The fourth-order valence-corrected chi connectivity index (χ4v) is 8.74. The van der Waals surface area contributed by atoms with Crippen LogP contribution in [0.15, 0.2) is 11.6 Å². The van der Waals surface area contributed by atoms with Crippen LogP contribution in [-0.4, -0.2) is 21.9 Å². The lowest BCUT2D eigenvalue weighted by molar-refractivity contribution is -0.0780. The van der Waals surface area contributed by atoms with E-state index in [1.54, 1.807) is 5.57 Å². The van der Waals surface area contributed by atoms with Crippen molar-refractivity contribution in [2.45, 2.75) is 117 Å². The Bertz CT molecular complexity index is 664. The van der Waals surface area contributed by atoms with Gasteiger partial charge in [0.25, 0.3) is 0 Å². The van der Waals surface area contributed by atoms with Crippen LogP contribution in [0.25, 0.3) is 0 Å². The molecule has 3 saturated carbocycles. The van der Waals surface area contributed by atoms with Crippen LogP contribution in [0.4, 0.5) is 0 Å². The van der Waals surface area contributed by atoms with Gasteiger partial charge in [0.2, 0.25) is 0 Å². The number of rotatable bonds is 5. The number of hydrogen-bond donors (Lipinski definition) is 2. The molecule has 9 atom stereocenters. The molecular weight excluding hydrogens is 368 g/mol. The van der Waals surface area contributed by atoms with Crippen LogP contribution in [0.5, 0.6) is 0 Å². The van der Waals surface area contributed by atoms with Crippen LogP contribution >= 0.6 is 0 Å². The quantitative estimate of drug-likeness (QED) is 0.487. The summed E-state index contributed by atoms with van der Waals surface area (Å²) in [6.45, 7) is 14.0. The van der Waals surface area contributed by atoms with Crippen molar-refractivity contribution in [1.29, 1.82) is 0 Å². The van der Waals surface area contributed by atoms with Crippen molar-refractivity contribution in [3.63, 3.8) is 0 Å². The molecule has 0 aliphatic heterocycles. The lowest BCUT2D eigenvalue weighted by atomic mass is 9.46. The first-order chi connectivity index (χ1) is 14.0. The molecule has 2 nitrogen and oxygen atoms in total. The minimum absolute atomic E-state index is 0.137. The second-order valence-electron chi connectivity index (χ2n) is 13.1. The molecule has 30 heavy (non-hydrogen) atoms. The highest BCUT2D eigenvalue weighted by Gasteiger charge is 2.60. The number of aliphatic hydroxyl groups excluding tert-OH is 1. The van der Waals surface area contributed by atoms with E-state index in [9.17, 15) is 10.2 Å². The molecule has 0 aromatic rings. The lowest BCUT2D eigenvalue weighted by Crippen LogP contribution is -2.52. The van der Waals surface area contributed by atoms with E-state index in [0.717, 1.165) is 49.9 Å². The fourth-order valence-electron chi connectivity index (χ4n) is 8.74. The first-order valence-electron chi connectivity index (χ1n) is 13.1. The van der Waals surface area contributed by atoms with Crippen molar-refractivity contribution in [2.75, 3.05) is 0 Å². The molecule has 0 spiro atoms. The highest BCUT2D eigenvalue weighted by Crippen LogP contribution is 2.67. The summed E-state index contributed by atoms with van der Waals surface area (Å²) in [4.78, 5) is 0. The molecule has 0 saturated heterocycles. The molecule has 0 amide bonds. The maximum atomic E-state index is 11.0. The normalized spacial score (nSPS) is 47.8. The van der Waals surface area contributed by atoms with Crippen molar-refractivity contribution >= 4 is 0 Å². The average molecular weight is 417 g/mol. The first-order valence-corrected chi connectivity index (χ1v) is 13.1. The monoisotopic (exact) mass is 416 g/mol. The summed E-state index contributed by atoms with van der Waals surface area (Å²) in [5.74, 6) is 4.20. The van der Waals surface area contributed by atoms with E-state index in [4.69, 9.17) is 0 Å². The van der Waals surface area contributed by atoms with Crippen molar-refractivity contribution < 1.29 is 10.2 Å². The van der Waals surface area contributed by atoms with E-state index in [1.165, 1.54) is 32.1 Å². The minimum atomic E-state index is -0.499. The van der Waals surface area contributed by atoms with Gasteiger partial charge in [-0.2, -0.15) is 0 Å². The molecule has 0 radical (unpaired) electrons. The molecule has 0 aromatic carbocycles. The van der Waals surface area contributed by atoms with Crippen molar-refractivity contribution in [3.05, 3.63) is 11.6 Å². The van der Waals surface area contributed by atoms with Crippen LogP contribution < -0.4 is 0 Å². The van der Waals surface area contributed by atoms with Gasteiger partial charge in [0.05, 0.1) is 11.7 Å². The smallest absolute Gasteiger partial charge is 0.0657 e. The van der Waals surface area contributed by atoms with E-state index < -0.39 is 5.60 Å². The summed E-state index contributed by atoms with van der Waals surface area (Å²) in [5.41, 5.74) is 1.78. The Morgan fingerprint density at radius 2 is 1.70 bits per heavy atom. The predicted molar refractivity (Wildman–Crippen MR) is 125 cm³/mol. The Hall–Kier alpha value is -0.340. The molecule has 0 heterocycles. The van der Waals surface area contributed by atoms with Crippen LogP contribution in [-0.2, 0) is 0 Å². The van der Waals surface area contributed by atoms with Crippen molar-refractivity contribution in [1.82, 2.24) is 0 Å².